The van der Waals surface area contributed by atoms with Gasteiger partial charge in [-0.2, -0.15) is 0 Å². The summed E-state index contributed by atoms with van der Waals surface area (Å²) in [6, 6.07) is 25.2. The fourth-order valence-electron chi connectivity index (χ4n) is 3.28. The third-order valence-electron chi connectivity index (χ3n) is 4.90. The fraction of sp³-hybridized carbons (Fsp3) is 0.120. The molecule has 0 aliphatic carbocycles. The third-order valence-corrected chi connectivity index (χ3v) is 6.04. The monoisotopic (exact) mass is 399 g/mol. The van der Waals surface area contributed by atoms with Crippen LogP contribution < -0.4 is 4.90 Å². The Morgan fingerprint density at radius 3 is 1.93 bits per heavy atom. The lowest BCUT2D eigenvalue weighted by Gasteiger charge is -2.15. The summed E-state index contributed by atoms with van der Waals surface area (Å²) in [5, 5.41) is 0. The minimum atomic E-state index is -0.265. The maximum absolute atomic E-state index is 13.3. The Balaban J connectivity index is 1.74. The molecule has 0 spiro atoms. The zero-order valence-corrected chi connectivity index (χ0v) is 17.2. The van der Waals surface area contributed by atoms with Gasteiger partial charge in [-0.1, -0.05) is 77.9 Å². The van der Waals surface area contributed by atoms with Gasteiger partial charge in [-0.05, 0) is 37.1 Å². The van der Waals surface area contributed by atoms with Gasteiger partial charge in [0.05, 0.1) is 16.2 Å². The second-order valence-corrected chi connectivity index (χ2v) is 8.11. The molecule has 0 aromatic heterocycles. The largest absolute Gasteiger partial charge is 0.272 e. The molecule has 0 atom stereocenters. The van der Waals surface area contributed by atoms with Crippen LogP contribution in [-0.2, 0) is 15.3 Å². The predicted molar refractivity (Wildman–Crippen MR) is 120 cm³/mol. The summed E-state index contributed by atoms with van der Waals surface area (Å²) in [6.07, 6.45) is 0. The molecule has 4 rings (SSSR count). The summed E-state index contributed by atoms with van der Waals surface area (Å²) >= 11 is 1.43. The van der Waals surface area contributed by atoms with Crippen LogP contribution in [0.15, 0.2) is 83.8 Å². The smallest absolute Gasteiger partial charge is 0.268 e. The van der Waals surface area contributed by atoms with Crippen LogP contribution in [0.25, 0.3) is 5.57 Å². The molecule has 2 amide bonds. The Labute approximate surface area is 175 Å². The van der Waals surface area contributed by atoms with Gasteiger partial charge in [-0.15, -0.1) is 11.8 Å². The number of thioether (sulfide) groups is 1. The fourth-order valence-corrected chi connectivity index (χ4v) is 4.34. The van der Waals surface area contributed by atoms with Crippen molar-refractivity contribution >= 4 is 34.8 Å². The summed E-state index contributed by atoms with van der Waals surface area (Å²) in [7, 11) is 0. The normalized spacial score (nSPS) is 14.1. The van der Waals surface area contributed by atoms with Gasteiger partial charge in [-0.25, -0.2) is 4.90 Å². The molecule has 144 valence electrons. The van der Waals surface area contributed by atoms with Crippen molar-refractivity contribution in [3.05, 3.63) is 106 Å². The van der Waals surface area contributed by atoms with E-state index in [0.717, 1.165) is 22.3 Å². The van der Waals surface area contributed by atoms with Gasteiger partial charge in [0.1, 0.15) is 0 Å². The van der Waals surface area contributed by atoms with Gasteiger partial charge in [0.2, 0.25) is 0 Å². The number of anilines is 1. The van der Waals surface area contributed by atoms with Crippen LogP contribution in [-0.4, -0.2) is 11.8 Å². The predicted octanol–water partition coefficient (Wildman–Crippen LogP) is 5.52. The van der Waals surface area contributed by atoms with E-state index in [2.05, 4.69) is 0 Å². The summed E-state index contributed by atoms with van der Waals surface area (Å²) < 4.78 is 0. The van der Waals surface area contributed by atoms with Gasteiger partial charge in [-0.3, -0.25) is 9.59 Å². The van der Waals surface area contributed by atoms with Gasteiger partial charge >= 0.3 is 0 Å². The quantitative estimate of drug-likeness (QED) is 0.530. The van der Waals surface area contributed by atoms with Crippen LogP contribution in [0.4, 0.5) is 5.69 Å². The van der Waals surface area contributed by atoms with Gasteiger partial charge in [0.25, 0.3) is 11.8 Å². The Kier molecular flexibility index (Phi) is 5.36. The zero-order valence-electron chi connectivity index (χ0n) is 16.4. The van der Waals surface area contributed by atoms with Gasteiger partial charge < -0.3 is 0 Å². The maximum Gasteiger partial charge on any atom is 0.272 e. The highest BCUT2D eigenvalue weighted by Gasteiger charge is 2.40. The minimum absolute atomic E-state index is 0.254. The lowest BCUT2D eigenvalue weighted by atomic mass is 10.0. The van der Waals surface area contributed by atoms with E-state index in [0.29, 0.717) is 21.9 Å². The number of rotatable bonds is 5. The highest BCUT2D eigenvalue weighted by Crippen LogP contribution is 2.39. The van der Waals surface area contributed by atoms with Crippen molar-refractivity contribution in [1.82, 2.24) is 0 Å². The number of carbonyl (C=O) groups is 2. The number of carbonyl (C=O) groups excluding carboxylic acids is 2. The van der Waals surface area contributed by atoms with Gasteiger partial charge in [0, 0.05) is 5.75 Å². The summed E-state index contributed by atoms with van der Waals surface area (Å²) in [5.41, 5.74) is 5.17. The van der Waals surface area contributed by atoms with E-state index in [-0.39, 0.29) is 11.8 Å². The first-order valence-corrected chi connectivity index (χ1v) is 10.5. The summed E-state index contributed by atoms with van der Waals surface area (Å²) in [6.45, 7) is 3.98. The molecule has 1 aliphatic heterocycles. The molecule has 1 heterocycles. The first-order valence-electron chi connectivity index (χ1n) is 9.48. The average molecular weight is 400 g/mol. The van der Waals surface area contributed by atoms with Crippen LogP contribution in [0.3, 0.4) is 0 Å². The lowest BCUT2D eigenvalue weighted by molar-refractivity contribution is -0.119. The molecule has 0 saturated heterocycles. The molecule has 3 aromatic rings. The molecule has 1 aliphatic rings. The third kappa shape index (κ3) is 3.89. The Hall–Kier alpha value is -3.11. The van der Waals surface area contributed by atoms with E-state index in [1.807, 2.05) is 92.7 Å². The van der Waals surface area contributed by atoms with Crippen molar-refractivity contribution in [2.45, 2.75) is 19.6 Å². The number of nitrogens with zero attached hydrogens (tertiary/aromatic N) is 1. The van der Waals surface area contributed by atoms with Crippen molar-refractivity contribution in [3.8, 4) is 0 Å². The molecule has 0 unspecified atom stereocenters. The van der Waals surface area contributed by atoms with Crippen molar-refractivity contribution in [2.24, 2.45) is 0 Å². The van der Waals surface area contributed by atoms with Crippen LogP contribution in [0.2, 0.25) is 0 Å². The molecular formula is C25H21NO2S. The van der Waals surface area contributed by atoms with E-state index < -0.39 is 0 Å². The number of hydrogen-bond donors (Lipinski definition) is 0. The topological polar surface area (TPSA) is 37.4 Å². The van der Waals surface area contributed by atoms with E-state index in [1.165, 1.54) is 16.7 Å². The molecule has 0 bridgehead atoms. The standard InChI is InChI=1S/C25H21NO2S/c1-17-8-12-20(13-9-17)22-23(29-16-19-6-4-3-5-7-19)25(28)26(24(22)27)21-14-10-18(2)11-15-21/h3-15H,16H2,1-2H3. The number of benzene rings is 3. The van der Waals surface area contributed by atoms with E-state index in [4.69, 9.17) is 0 Å². The molecule has 4 heteroatoms. The second-order valence-electron chi connectivity index (χ2n) is 7.13. The molecule has 3 aromatic carbocycles. The zero-order chi connectivity index (χ0) is 20.4. The van der Waals surface area contributed by atoms with Crippen LogP contribution in [0, 0.1) is 13.8 Å². The average Bonchev–Trinajstić information content (AvgIpc) is 2.98. The molecule has 0 N–H and O–H groups in total. The Morgan fingerprint density at radius 1 is 0.724 bits per heavy atom. The number of aryl methyl sites for hydroxylation is 2. The first kappa shape index (κ1) is 19.2. The van der Waals surface area contributed by atoms with E-state index in [9.17, 15) is 9.59 Å². The summed E-state index contributed by atoms with van der Waals surface area (Å²) in [5.74, 6) is 0.111. The molecule has 29 heavy (non-hydrogen) atoms. The highest BCUT2D eigenvalue weighted by molar-refractivity contribution is 8.03. The molecule has 0 fully saturated rings. The van der Waals surface area contributed by atoms with Crippen molar-refractivity contribution in [2.75, 3.05) is 4.90 Å². The summed E-state index contributed by atoms with van der Waals surface area (Å²) in [4.78, 5) is 28.4. The van der Waals surface area contributed by atoms with E-state index >= 15 is 0 Å². The SMILES string of the molecule is Cc1ccc(C2=C(SCc3ccccc3)C(=O)N(c3ccc(C)cc3)C2=O)cc1. The minimum Gasteiger partial charge on any atom is -0.268 e. The van der Waals surface area contributed by atoms with Crippen LogP contribution in [0.5, 0.6) is 0 Å². The van der Waals surface area contributed by atoms with E-state index in [1.54, 1.807) is 0 Å². The maximum atomic E-state index is 13.3. The second kappa shape index (κ2) is 8.10. The van der Waals surface area contributed by atoms with Crippen LogP contribution in [0.1, 0.15) is 22.3 Å². The lowest BCUT2D eigenvalue weighted by Crippen LogP contribution is -2.31. The highest BCUT2D eigenvalue weighted by atomic mass is 32.2. The molecule has 3 nitrogen and oxygen atoms in total. The van der Waals surface area contributed by atoms with Crippen molar-refractivity contribution in [3.63, 3.8) is 0 Å². The first-order chi connectivity index (χ1) is 14.0. The Morgan fingerprint density at radius 2 is 1.31 bits per heavy atom. The Bertz CT molecular complexity index is 1080. The molecule has 0 radical (unpaired) electrons. The van der Waals surface area contributed by atoms with Crippen molar-refractivity contribution < 1.29 is 9.59 Å². The van der Waals surface area contributed by atoms with Crippen LogP contribution >= 0.6 is 11.8 Å². The van der Waals surface area contributed by atoms with Gasteiger partial charge in [0.15, 0.2) is 0 Å². The number of imide groups is 1. The van der Waals surface area contributed by atoms with Crippen molar-refractivity contribution in [1.29, 1.82) is 0 Å². The molecular weight excluding hydrogens is 378 g/mol. The number of hydrogen-bond acceptors (Lipinski definition) is 3. The molecule has 0 saturated carbocycles. The number of amides is 2.